The third kappa shape index (κ3) is 1.25. The molecule has 3 rings (SSSR count). The number of aromatic hydroxyl groups is 1. The predicted octanol–water partition coefficient (Wildman–Crippen LogP) is 0.901. The molecular weight excluding hydrogens is 208 g/mol. The van der Waals surface area contributed by atoms with E-state index < -0.39 is 0 Å². The standard InChI is InChI=1S/C11H10N2O3/c14-8-3-1-2-7(4-8)13-10-6-16-5-9(10)11(15)12-13/h1-4,14H,5-6H2,(H,12,15). The lowest BCUT2D eigenvalue weighted by molar-refractivity contribution is 0.130. The van der Waals surface area contributed by atoms with Crippen LogP contribution in [0.5, 0.6) is 5.75 Å². The zero-order valence-electron chi connectivity index (χ0n) is 8.43. The van der Waals surface area contributed by atoms with Crippen LogP contribution in [0.1, 0.15) is 11.3 Å². The monoisotopic (exact) mass is 218 g/mol. The highest BCUT2D eigenvalue weighted by Crippen LogP contribution is 2.21. The average molecular weight is 218 g/mol. The Kier molecular flexibility index (Phi) is 1.87. The number of ether oxygens (including phenoxy) is 1. The number of H-pyrrole nitrogens is 1. The van der Waals surface area contributed by atoms with E-state index in [1.165, 1.54) is 0 Å². The number of nitrogens with zero attached hydrogens (tertiary/aromatic N) is 1. The van der Waals surface area contributed by atoms with Crippen molar-refractivity contribution in [2.45, 2.75) is 13.2 Å². The van der Waals surface area contributed by atoms with Gasteiger partial charge < -0.3 is 9.84 Å². The predicted molar refractivity (Wildman–Crippen MR) is 56.5 cm³/mol. The van der Waals surface area contributed by atoms with E-state index in [0.29, 0.717) is 18.8 Å². The van der Waals surface area contributed by atoms with Crippen molar-refractivity contribution in [2.24, 2.45) is 0 Å². The Morgan fingerprint density at radius 1 is 1.38 bits per heavy atom. The smallest absolute Gasteiger partial charge is 0.270 e. The van der Waals surface area contributed by atoms with Crippen molar-refractivity contribution in [3.63, 3.8) is 0 Å². The van der Waals surface area contributed by atoms with Crippen molar-refractivity contribution >= 4 is 0 Å². The lowest BCUT2D eigenvalue weighted by Gasteiger charge is -2.06. The molecule has 2 N–H and O–H groups in total. The van der Waals surface area contributed by atoms with Crippen molar-refractivity contribution in [3.8, 4) is 11.4 Å². The van der Waals surface area contributed by atoms with E-state index in [1.54, 1.807) is 22.9 Å². The van der Waals surface area contributed by atoms with Crippen LogP contribution in [-0.2, 0) is 18.0 Å². The van der Waals surface area contributed by atoms with Gasteiger partial charge in [-0.05, 0) is 12.1 Å². The van der Waals surface area contributed by atoms with Crippen molar-refractivity contribution in [1.82, 2.24) is 9.78 Å². The summed E-state index contributed by atoms with van der Waals surface area (Å²) < 4.78 is 6.88. The molecule has 0 fully saturated rings. The van der Waals surface area contributed by atoms with E-state index in [-0.39, 0.29) is 11.3 Å². The van der Waals surface area contributed by atoms with Gasteiger partial charge in [0.1, 0.15) is 5.75 Å². The van der Waals surface area contributed by atoms with Crippen LogP contribution in [0.3, 0.4) is 0 Å². The van der Waals surface area contributed by atoms with Gasteiger partial charge in [0.2, 0.25) is 0 Å². The summed E-state index contributed by atoms with van der Waals surface area (Å²) in [5, 5.41) is 12.1. The van der Waals surface area contributed by atoms with Gasteiger partial charge in [0.15, 0.2) is 0 Å². The lowest BCUT2D eigenvalue weighted by Crippen LogP contribution is -2.08. The van der Waals surface area contributed by atoms with E-state index in [2.05, 4.69) is 5.10 Å². The van der Waals surface area contributed by atoms with Crippen LogP contribution in [-0.4, -0.2) is 14.9 Å². The zero-order chi connectivity index (χ0) is 11.1. The van der Waals surface area contributed by atoms with Crippen LogP contribution in [0.25, 0.3) is 5.69 Å². The molecule has 0 unspecified atom stereocenters. The SMILES string of the molecule is O=c1[nH]n(-c2cccc(O)c2)c2c1COC2. The van der Waals surface area contributed by atoms with Crippen LogP contribution in [0.2, 0.25) is 0 Å². The minimum atomic E-state index is -0.129. The number of phenols is 1. The molecule has 0 saturated heterocycles. The molecule has 0 aliphatic carbocycles. The van der Waals surface area contributed by atoms with E-state index in [1.807, 2.05) is 6.07 Å². The second kappa shape index (κ2) is 3.24. The Labute approximate surface area is 90.9 Å². The number of aromatic nitrogens is 2. The van der Waals surface area contributed by atoms with Crippen LogP contribution in [0.15, 0.2) is 29.1 Å². The van der Waals surface area contributed by atoms with Gasteiger partial charge >= 0.3 is 0 Å². The van der Waals surface area contributed by atoms with Crippen molar-refractivity contribution in [3.05, 3.63) is 45.9 Å². The summed E-state index contributed by atoms with van der Waals surface area (Å²) >= 11 is 0. The Bertz CT molecular complexity index is 598. The molecule has 0 amide bonds. The number of benzene rings is 1. The number of hydrogen-bond acceptors (Lipinski definition) is 3. The lowest BCUT2D eigenvalue weighted by atomic mass is 10.2. The molecule has 1 aromatic carbocycles. The Morgan fingerprint density at radius 3 is 3.06 bits per heavy atom. The minimum absolute atomic E-state index is 0.129. The summed E-state index contributed by atoms with van der Waals surface area (Å²) in [7, 11) is 0. The molecule has 16 heavy (non-hydrogen) atoms. The Morgan fingerprint density at radius 2 is 2.25 bits per heavy atom. The topological polar surface area (TPSA) is 67.2 Å². The van der Waals surface area contributed by atoms with E-state index >= 15 is 0 Å². The Balaban J connectivity index is 2.21. The number of phenolic OH excluding ortho intramolecular Hbond substituents is 1. The molecule has 0 bridgehead atoms. The first kappa shape index (κ1) is 9.23. The highest BCUT2D eigenvalue weighted by atomic mass is 16.5. The van der Waals surface area contributed by atoms with E-state index in [4.69, 9.17) is 4.74 Å². The fourth-order valence-electron chi connectivity index (χ4n) is 1.91. The van der Waals surface area contributed by atoms with Crippen LogP contribution >= 0.6 is 0 Å². The van der Waals surface area contributed by atoms with Gasteiger partial charge in [-0.15, -0.1) is 0 Å². The maximum absolute atomic E-state index is 11.6. The molecule has 0 saturated carbocycles. The number of nitrogens with one attached hydrogen (secondary N) is 1. The van der Waals surface area contributed by atoms with Gasteiger partial charge in [-0.3, -0.25) is 14.6 Å². The first-order valence-corrected chi connectivity index (χ1v) is 4.95. The summed E-state index contributed by atoms with van der Waals surface area (Å²) in [4.78, 5) is 11.6. The molecule has 1 aliphatic heterocycles. The summed E-state index contributed by atoms with van der Waals surface area (Å²) in [6.45, 7) is 0.778. The largest absolute Gasteiger partial charge is 0.508 e. The van der Waals surface area contributed by atoms with Crippen LogP contribution < -0.4 is 5.56 Å². The summed E-state index contributed by atoms with van der Waals surface area (Å²) in [5.74, 6) is 0.166. The molecule has 1 aromatic heterocycles. The molecule has 0 spiro atoms. The van der Waals surface area contributed by atoms with Gasteiger partial charge in [0, 0.05) is 6.07 Å². The quantitative estimate of drug-likeness (QED) is 0.747. The first-order valence-electron chi connectivity index (χ1n) is 4.95. The molecule has 2 aromatic rings. The van der Waals surface area contributed by atoms with Crippen molar-refractivity contribution < 1.29 is 9.84 Å². The third-order valence-electron chi connectivity index (χ3n) is 2.68. The summed E-state index contributed by atoms with van der Waals surface area (Å²) in [6.07, 6.45) is 0. The zero-order valence-corrected chi connectivity index (χ0v) is 8.43. The normalized spacial score (nSPS) is 14.0. The summed E-state index contributed by atoms with van der Waals surface area (Å²) in [5.41, 5.74) is 2.10. The van der Waals surface area contributed by atoms with E-state index in [0.717, 1.165) is 11.4 Å². The first-order chi connectivity index (χ1) is 7.75. The van der Waals surface area contributed by atoms with Crippen LogP contribution in [0, 0.1) is 0 Å². The van der Waals surface area contributed by atoms with Gasteiger partial charge in [-0.25, -0.2) is 0 Å². The fourth-order valence-corrected chi connectivity index (χ4v) is 1.91. The molecule has 0 atom stereocenters. The van der Waals surface area contributed by atoms with Gasteiger partial charge in [-0.2, -0.15) is 0 Å². The maximum atomic E-state index is 11.6. The highest BCUT2D eigenvalue weighted by Gasteiger charge is 2.21. The number of fused-ring (bicyclic) bond motifs is 1. The van der Waals surface area contributed by atoms with Crippen molar-refractivity contribution in [2.75, 3.05) is 0 Å². The maximum Gasteiger partial charge on any atom is 0.270 e. The Hall–Kier alpha value is -2.01. The van der Waals surface area contributed by atoms with Crippen molar-refractivity contribution in [1.29, 1.82) is 0 Å². The van der Waals surface area contributed by atoms with E-state index in [9.17, 15) is 9.90 Å². The number of aromatic amines is 1. The minimum Gasteiger partial charge on any atom is -0.508 e. The average Bonchev–Trinajstić information content (AvgIpc) is 2.83. The highest BCUT2D eigenvalue weighted by molar-refractivity contribution is 5.40. The fraction of sp³-hybridized carbons (Fsp3) is 0.182. The molecule has 0 radical (unpaired) electrons. The molecule has 1 aliphatic rings. The van der Waals surface area contributed by atoms with Crippen LogP contribution in [0.4, 0.5) is 0 Å². The van der Waals surface area contributed by atoms with Gasteiger partial charge in [0.05, 0.1) is 30.2 Å². The second-order valence-corrected chi connectivity index (χ2v) is 3.71. The summed E-state index contributed by atoms with van der Waals surface area (Å²) in [6, 6.07) is 6.72. The molecule has 2 heterocycles. The van der Waals surface area contributed by atoms with Gasteiger partial charge in [-0.1, -0.05) is 6.07 Å². The second-order valence-electron chi connectivity index (χ2n) is 3.71. The number of hydrogen-bond donors (Lipinski definition) is 2. The number of rotatable bonds is 1. The molecule has 82 valence electrons. The third-order valence-corrected chi connectivity index (χ3v) is 2.68. The molecule has 5 heteroatoms. The van der Waals surface area contributed by atoms with Gasteiger partial charge in [0.25, 0.3) is 5.56 Å². The molecule has 5 nitrogen and oxygen atoms in total. The molecular formula is C11H10N2O3.